The summed E-state index contributed by atoms with van der Waals surface area (Å²) in [6.07, 6.45) is 0. The highest BCUT2D eigenvalue weighted by atomic mass is 32.1. The van der Waals surface area contributed by atoms with E-state index in [1.165, 1.54) is 40.3 Å². The van der Waals surface area contributed by atoms with E-state index in [-0.39, 0.29) is 0 Å². The number of nitrogens with zero attached hydrogens (tertiary/aromatic N) is 4. The van der Waals surface area contributed by atoms with E-state index < -0.39 is 0 Å². The molecule has 0 aliphatic rings. The van der Waals surface area contributed by atoms with Crippen LogP contribution in [0.3, 0.4) is 0 Å². The van der Waals surface area contributed by atoms with E-state index >= 15 is 0 Å². The fourth-order valence-corrected chi connectivity index (χ4v) is 12.4. The fourth-order valence-electron chi connectivity index (χ4n) is 10.2. The molecule has 72 heavy (non-hydrogen) atoms. The lowest BCUT2D eigenvalue weighted by Crippen LogP contribution is -2.13. The number of thiophene rings is 2. The van der Waals surface area contributed by atoms with Crippen molar-refractivity contribution in [2.75, 3.05) is 19.6 Å². The SMILES string of the molecule is c1ccc(N(c2ccccc2)c2cccc(N(c3ccccc3)c3ccc4sc5cc(N(c6ccccc6)c6cc(N(c7ccccc7)c7ccccc7)c7c(c6)sc6ccccc67)ccc5c4c3)c2)cc1. The van der Waals surface area contributed by atoms with Crippen LogP contribution in [-0.4, -0.2) is 0 Å². The molecule has 6 heteroatoms. The molecule has 0 amide bonds. The molecule has 0 N–H and O–H groups in total. The Morgan fingerprint density at radius 1 is 0.194 bits per heavy atom. The van der Waals surface area contributed by atoms with E-state index in [1.807, 2.05) is 22.7 Å². The molecule has 0 saturated carbocycles. The standard InChI is InChI=1S/C66H46N4S2/c1-7-22-47(23-8-1)67(48-24-9-2-10-25-48)53-34-21-35-54(42-53)68(49-26-11-3-12-27-49)55-39-41-63-60(43-55)58-40-38-56(45-64(58)71-63)69(50-28-13-4-14-29-50)57-44-61(66-59-36-19-20-37-62(59)72-65(66)46-57)70(51-30-15-5-16-31-51)52-32-17-6-18-33-52/h1-46H. The molecule has 0 aliphatic heterocycles. The Morgan fingerprint density at radius 3 is 1.11 bits per heavy atom. The minimum absolute atomic E-state index is 1.07. The van der Waals surface area contributed by atoms with Gasteiger partial charge in [0.05, 0.1) is 5.69 Å². The normalized spacial score (nSPS) is 11.3. The van der Waals surface area contributed by atoms with Gasteiger partial charge in [0.1, 0.15) is 0 Å². The Labute approximate surface area is 427 Å². The van der Waals surface area contributed by atoms with Crippen molar-refractivity contribution in [1.82, 2.24) is 0 Å². The number of para-hydroxylation sites is 6. The predicted octanol–water partition coefficient (Wildman–Crippen LogP) is 20.3. The summed E-state index contributed by atoms with van der Waals surface area (Å²) in [5, 5.41) is 4.97. The van der Waals surface area contributed by atoms with Crippen molar-refractivity contribution in [2.45, 2.75) is 0 Å². The molecule has 0 bridgehead atoms. The van der Waals surface area contributed by atoms with E-state index in [0.29, 0.717) is 0 Å². The lowest BCUT2D eigenvalue weighted by molar-refractivity contribution is 1.25. The maximum absolute atomic E-state index is 2.43. The number of hydrogen-bond donors (Lipinski definition) is 0. The lowest BCUT2D eigenvalue weighted by Gasteiger charge is -2.30. The summed E-state index contributed by atoms with van der Waals surface area (Å²) < 4.78 is 4.98. The van der Waals surface area contributed by atoms with Gasteiger partial charge < -0.3 is 19.6 Å². The van der Waals surface area contributed by atoms with Crippen molar-refractivity contribution in [3.63, 3.8) is 0 Å². The third-order valence-corrected chi connectivity index (χ3v) is 15.6. The number of fused-ring (bicyclic) bond motifs is 6. The van der Waals surface area contributed by atoms with Crippen LogP contribution in [0.1, 0.15) is 0 Å². The van der Waals surface area contributed by atoms with Gasteiger partial charge in [-0.3, -0.25) is 0 Å². The topological polar surface area (TPSA) is 13.0 Å². The highest BCUT2D eigenvalue weighted by Gasteiger charge is 2.24. The summed E-state index contributed by atoms with van der Waals surface area (Å²) in [6, 6.07) is 101. The molecule has 0 atom stereocenters. The number of rotatable bonds is 12. The summed E-state index contributed by atoms with van der Waals surface area (Å²) in [7, 11) is 0. The smallest absolute Gasteiger partial charge is 0.0575 e. The van der Waals surface area contributed by atoms with Crippen LogP contribution in [0.2, 0.25) is 0 Å². The van der Waals surface area contributed by atoms with E-state index in [9.17, 15) is 0 Å². The van der Waals surface area contributed by atoms with Gasteiger partial charge in [0.25, 0.3) is 0 Å². The molecule has 2 aromatic heterocycles. The van der Waals surface area contributed by atoms with Crippen LogP contribution in [0.5, 0.6) is 0 Å². The Morgan fingerprint density at radius 2 is 0.569 bits per heavy atom. The lowest BCUT2D eigenvalue weighted by atomic mass is 10.1. The van der Waals surface area contributed by atoms with Crippen molar-refractivity contribution in [3.05, 3.63) is 279 Å². The molecule has 13 aromatic rings. The summed E-state index contributed by atoms with van der Waals surface area (Å²) in [5.74, 6) is 0. The van der Waals surface area contributed by atoms with Crippen molar-refractivity contribution in [1.29, 1.82) is 0 Å². The summed E-state index contributed by atoms with van der Waals surface area (Å²) in [4.78, 5) is 9.54. The largest absolute Gasteiger partial charge is 0.310 e. The fraction of sp³-hybridized carbons (Fsp3) is 0. The van der Waals surface area contributed by atoms with Crippen LogP contribution < -0.4 is 19.6 Å². The van der Waals surface area contributed by atoms with Crippen molar-refractivity contribution in [3.8, 4) is 0 Å². The van der Waals surface area contributed by atoms with Gasteiger partial charge in [-0.1, -0.05) is 140 Å². The van der Waals surface area contributed by atoms with Crippen molar-refractivity contribution in [2.24, 2.45) is 0 Å². The highest BCUT2D eigenvalue weighted by Crippen LogP contribution is 2.50. The van der Waals surface area contributed by atoms with Crippen LogP contribution in [0.25, 0.3) is 40.3 Å². The Bertz CT molecular complexity index is 3910. The molecule has 11 aromatic carbocycles. The van der Waals surface area contributed by atoms with Gasteiger partial charge in [-0.05, 0) is 140 Å². The average Bonchev–Trinajstić information content (AvgIpc) is 4.01. The number of hydrogen-bond acceptors (Lipinski definition) is 6. The van der Waals surface area contributed by atoms with Crippen LogP contribution in [0, 0.1) is 0 Å². The first-order valence-electron chi connectivity index (χ1n) is 24.2. The Hall–Kier alpha value is -8.94. The Balaban J connectivity index is 0.950. The van der Waals surface area contributed by atoms with Crippen molar-refractivity contribution >= 4 is 131 Å². The number of anilines is 12. The maximum Gasteiger partial charge on any atom is 0.0575 e. The average molecular weight is 959 g/mol. The predicted molar refractivity (Wildman–Crippen MR) is 311 cm³/mol. The zero-order valence-electron chi connectivity index (χ0n) is 39.2. The van der Waals surface area contributed by atoms with Gasteiger partial charge in [-0.2, -0.15) is 0 Å². The van der Waals surface area contributed by atoms with E-state index in [1.54, 1.807) is 0 Å². The molecular formula is C66H46N4S2. The first kappa shape index (κ1) is 43.1. The first-order valence-corrected chi connectivity index (χ1v) is 25.9. The monoisotopic (exact) mass is 958 g/mol. The quantitative estimate of drug-likeness (QED) is 0.121. The van der Waals surface area contributed by atoms with Gasteiger partial charge in [0.2, 0.25) is 0 Å². The minimum Gasteiger partial charge on any atom is -0.310 e. The molecule has 0 unspecified atom stereocenters. The zero-order valence-corrected chi connectivity index (χ0v) is 40.8. The maximum atomic E-state index is 2.43. The summed E-state index contributed by atoms with van der Waals surface area (Å²) in [6.45, 7) is 0. The van der Waals surface area contributed by atoms with Gasteiger partial charge >= 0.3 is 0 Å². The third-order valence-electron chi connectivity index (χ3n) is 13.3. The first-order chi connectivity index (χ1) is 35.7. The summed E-state index contributed by atoms with van der Waals surface area (Å²) >= 11 is 3.70. The molecule has 13 rings (SSSR count). The van der Waals surface area contributed by atoms with E-state index in [0.717, 1.165) is 68.2 Å². The van der Waals surface area contributed by atoms with Crippen molar-refractivity contribution < 1.29 is 0 Å². The van der Waals surface area contributed by atoms with Crippen LogP contribution in [0.4, 0.5) is 68.2 Å². The molecule has 2 heterocycles. The third kappa shape index (κ3) is 7.99. The van der Waals surface area contributed by atoms with Crippen LogP contribution >= 0.6 is 22.7 Å². The van der Waals surface area contributed by atoms with Crippen LogP contribution in [0.15, 0.2) is 279 Å². The van der Waals surface area contributed by atoms with Gasteiger partial charge in [-0.15, -0.1) is 22.7 Å². The minimum atomic E-state index is 1.07. The zero-order chi connectivity index (χ0) is 47.8. The van der Waals surface area contributed by atoms with Gasteiger partial charge in [0.15, 0.2) is 0 Å². The molecule has 0 aliphatic carbocycles. The molecule has 342 valence electrons. The highest BCUT2D eigenvalue weighted by molar-refractivity contribution is 7.26. The molecule has 0 radical (unpaired) electrons. The molecule has 0 spiro atoms. The second kappa shape index (κ2) is 18.8. The Kier molecular flexibility index (Phi) is 11.2. The number of benzene rings is 11. The second-order valence-electron chi connectivity index (χ2n) is 17.8. The molecule has 0 fully saturated rings. The summed E-state index contributed by atoms with van der Waals surface area (Å²) in [5.41, 5.74) is 13.2. The molecular weight excluding hydrogens is 913 g/mol. The van der Waals surface area contributed by atoms with E-state index in [4.69, 9.17) is 0 Å². The van der Waals surface area contributed by atoms with Gasteiger partial charge in [-0.25, -0.2) is 0 Å². The molecule has 4 nitrogen and oxygen atoms in total. The van der Waals surface area contributed by atoms with Gasteiger partial charge in [0, 0.05) is 103 Å². The van der Waals surface area contributed by atoms with E-state index in [2.05, 4.69) is 299 Å². The molecule has 0 saturated heterocycles. The van der Waals surface area contributed by atoms with Crippen LogP contribution in [-0.2, 0) is 0 Å². The second-order valence-corrected chi connectivity index (χ2v) is 19.9.